The SMILES string of the molecule is CN=C(NCCc1nc(-c2ccc(Cl)cc2)no1)NC(C)CCS(C)(=O)=O. The van der Waals surface area contributed by atoms with Crippen LogP contribution >= 0.6 is 11.6 Å². The van der Waals surface area contributed by atoms with Crippen molar-refractivity contribution in [3.05, 3.63) is 35.2 Å². The molecule has 0 spiro atoms. The van der Waals surface area contributed by atoms with Crippen LogP contribution in [0.1, 0.15) is 19.2 Å². The third-order valence-electron chi connectivity index (χ3n) is 3.73. The summed E-state index contributed by atoms with van der Waals surface area (Å²) >= 11 is 5.87. The molecule has 0 radical (unpaired) electrons. The smallest absolute Gasteiger partial charge is 0.228 e. The van der Waals surface area contributed by atoms with Crippen molar-refractivity contribution in [2.75, 3.05) is 25.6 Å². The second-order valence-corrected chi connectivity index (χ2v) is 8.93. The molecule has 0 aliphatic carbocycles. The molecule has 0 bridgehead atoms. The monoisotopic (exact) mass is 413 g/mol. The molecule has 27 heavy (non-hydrogen) atoms. The number of hydrogen-bond acceptors (Lipinski definition) is 6. The van der Waals surface area contributed by atoms with E-state index in [-0.39, 0.29) is 11.8 Å². The molecule has 2 aromatic rings. The number of rotatable bonds is 8. The Labute approximate surface area is 164 Å². The number of nitrogens with zero attached hydrogens (tertiary/aromatic N) is 3. The second kappa shape index (κ2) is 9.70. The van der Waals surface area contributed by atoms with E-state index in [0.717, 1.165) is 5.56 Å². The molecule has 0 amide bonds. The van der Waals surface area contributed by atoms with E-state index in [2.05, 4.69) is 25.8 Å². The topological polar surface area (TPSA) is 109 Å². The van der Waals surface area contributed by atoms with Crippen LogP contribution in [0.5, 0.6) is 0 Å². The van der Waals surface area contributed by atoms with Gasteiger partial charge in [0, 0.05) is 42.9 Å². The molecule has 1 aromatic carbocycles. The van der Waals surface area contributed by atoms with E-state index in [0.29, 0.717) is 42.1 Å². The maximum absolute atomic E-state index is 11.2. The Bertz CT molecular complexity index is 865. The van der Waals surface area contributed by atoms with Crippen molar-refractivity contribution >= 4 is 27.4 Å². The molecule has 2 N–H and O–H groups in total. The summed E-state index contributed by atoms with van der Waals surface area (Å²) in [6.45, 7) is 2.45. The summed E-state index contributed by atoms with van der Waals surface area (Å²) in [6, 6.07) is 7.19. The molecule has 0 saturated heterocycles. The average molecular weight is 414 g/mol. The zero-order chi connectivity index (χ0) is 19.9. The van der Waals surface area contributed by atoms with Gasteiger partial charge in [0.15, 0.2) is 5.96 Å². The molecular formula is C17H24ClN5O3S. The quantitative estimate of drug-likeness (QED) is 0.502. The lowest BCUT2D eigenvalue weighted by Gasteiger charge is -2.17. The highest BCUT2D eigenvalue weighted by Crippen LogP contribution is 2.18. The van der Waals surface area contributed by atoms with Crippen LogP contribution in [0.15, 0.2) is 33.8 Å². The molecule has 1 unspecified atom stereocenters. The predicted molar refractivity (Wildman–Crippen MR) is 107 cm³/mol. The lowest BCUT2D eigenvalue weighted by molar-refractivity contribution is 0.378. The van der Waals surface area contributed by atoms with Gasteiger partial charge >= 0.3 is 0 Å². The number of aliphatic imine (C=N–C) groups is 1. The molecule has 0 fully saturated rings. The second-order valence-electron chi connectivity index (χ2n) is 6.23. The molecule has 1 atom stereocenters. The third kappa shape index (κ3) is 7.56. The molecular weight excluding hydrogens is 390 g/mol. The highest BCUT2D eigenvalue weighted by atomic mass is 35.5. The van der Waals surface area contributed by atoms with Crippen LogP contribution in [0, 0.1) is 0 Å². The summed E-state index contributed by atoms with van der Waals surface area (Å²) in [6.07, 6.45) is 2.27. The van der Waals surface area contributed by atoms with Crippen LogP contribution in [0.4, 0.5) is 0 Å². The lowest BCUT2D eigenvalue weighted by Crippen LogP contribution is -2.43. The van der Waals surface area contributed by atoms with E-state index < -0.39 is 9.84 Å². The molecule has 10 heteroatoms. The number of nitrogens with one attached hydrogen (secondary N) is 2. The first-order valence-corrected chi connectivity index (χ1v) is 10.9. The van der Waals surface area contributed by atoms with Crippen LogP contribution in [0.25, 0.3) is 11.4 Å². The minimum Gasteiger partial charge on any atom is -0.356 e. The van der Waals surface area contributed by atoms with Crippen molar-refractivity contribution in [1.82, 2.24) is 20.8 Å². The molecule has 0 aliphatic heterocycles. The van der Waals surface area contributed by atoms with Gasteiger partial charge in [-0.15, -0.1) is 0 Å². The van der Waals surface area contributed by atoms with Gasteiger partial charge in [-0.3, -0.25) is 4.99 Å². The van der Waals surface area contributed by atoms with E-state index >= 15 is 0 Å². The van der Waals surface area contributed by atoms with Gasteiger partial charge in [-0.2, -0.15) is 4.98 Å². The first-order valence-electron chi connectivity index (χ1n) is 8.50. The fourth-order valence-electron chi connectivity index (χ4n) is 2.25. The van der Waals surface area contributed by atoms with Crippen LogP contribution in [0.3, 0.4) is 0 Å². The number of hydrogen-bond donors (Lipinski definition) is 2. The third-order valence-corrected chi connectivity index (χ3v) is 4.96. The summed E-state index contributed by atoms with van der Waals surface area (Å²) in [5.41, 5.74) is 0.833. The number of guanidine groups is 1. The van der Waals surface area contributed by atoms with Crippen LogP contribution in [-0.4, -0.2) is 56.2 Å². The first-order chi connectivity index (χ1) is 12.8. The summed E-state index contributed by atoms with van der Waals surface area (Å²) in [4.78, 5) is 8.49. The standard InChI is InChI=1S/C17H24ClN5O3S/c1-12(9-11-27(3,24)25)21-17(19-2)20-10-8-15-22-16(23-26-15)13-4-6-14(18)7-5-13/h4-7,12H,8-11H2,1-3H3,(H2,19,20,21). The average Bonchev–Trinajstić information content (AvgIpc) is 3.08. The van der Waals surface area contributed by atoms with Gasteiger partial charge in [0.25, 0.3) is 0 Å². The molecule has 8 nitrogen and oxygen atoms in total. The maximum atomic E-state index is 11.2. The van der Waals surface area contributed by atoms with Gasteiger partial charge < -0.3 is 15.2 Å². The summed E-state index contributed by atoms with van der Waals surface area (Å²) in [5.74, 6) is 1.74. The van der Waals surface area contributed by atoms with Crippen molar-refractivity contribution in [1.29, 1.82) is 0 Å². The van der Waals surface area contributed by atoms with Gasteiger partial charge in [-0.1, -0.05) is 16.8 Å². The molecule has 0 aliphatic rings. The zero-order valence-electron chi connectivity index (χ0n) is 15.6. The van der Waals surface area contributed by atoms with Gasteiger partial charge in [0.2, 0.25) is 11.7 Å². The maximum Gasteiger partial charge on any atom is 0.228 e. The Morgan fingerprint density at radius 2 is 2.04 bits per heavy atom. The Kier molecular flexibility index (Phi) is 7.61. The number of benzene rings is 1. The number of halogens is 1. The Hall–Kier alpha value is -2.13. The fourth-order valence-corrected chi connectivity index (χ4v) is 3.16. The van der Waals surface area contributed by atoms with Gasteiger partial charge in [0.1, 0.15) is 9.84 Å². The minimum absolute atomic E-state index is 0.0224. The first kappa shape index (κ1) is 21.2. The molecule has 148 valence electrons. The summed E-state index contributed by atoms with van der Waals surface area (Å²) < 4.78 is 27.7. The van der Waals surface area contributed by atoms with E-state index in [9.17, 15) is 8.42 Å². The summed E-state index contributed by atoms with van der Waals surface area (Å²) in [7, 11) is -1.32. The van der Waals surface area contributed by atoms with Gasteiger partial charge in [0.05, 0.1) is 5.75 Å². The predicted octanol–water partition coefficient (Wildman–Crippen LogP) is 1.92. The largest absolute Gasteiger partial charge is 0.356 e. The highest BCUT2D eigenvalue weighted by molar-refractivity contribution is 7.90. The van der Waals surface area contributed by atoms with Gasteiger partial charge in [-0.05, 0) is 37.6 Å². The van der Waals surface area contributed by atoms with Gasteiger partial charge in [-0.25, -0.2) is 8.42 Å². The van der Waals surface area contributed by atoms with Crippen molar-refractivity contribution in [3.8, 4) is 11.4 Å². The van der Waals surface area contributed by atoms with E-state index in [1.54, 1.807) is 19.2 Å². The van der Waals surface area contributed by atoms with Crippen LogP contribution in [-0.2, 0) is 16.3 Å². The fraction of sp³-hybridized carbons (Fsp3) is 0.471. The highest BCUT2D eigenvalue weighted by Gasteiger charge is 2.11. The van der Waals surface area contributed by atoms with Crippen molar-refractivity contribution < 1.29 is 12.9 Å². The Balaban J connectivity index is 1.80. The molecule has 0 saturated carbocycles. The number of aromatic nitrogens is 2. The Morgan fingerprint density at radius 3 is 2.67 bits per heavy atom. The Morgan fingerprint density at radius 1 is 1.33 bits per heavy atom. The minimum atomic E-state index is -2.97. The molecule has 1 aromatic heterocycles. The van der Waals surface area contributed by atoms with Crippen molar-refractivity contribution in [2.45, 2.75) is 25.8 Å². The van der Waals surface area contributed by atoms with Crippen LogP contribution in [0.2, 0.25) is 5.02 Å². The normalized spacial score (nSPS) is 13.4. The zero-order valence-corrected chi connectivity index (χ0v) is 17.1. The van der Waals surface area contributed by atoms with Crippen molar-refractivity contribution in [3.63, 3.8) is 0 Å². The lowest BCUT2D eigenvalue weighted by atomic mass is 10.2. The molecule has 2 rings (SSSR count). The van der Waals surface area contributed by atoms with Crippen LogP contribution < -0.4 is 10.6 Å². The summed E-state index contributed by atoms with van der Waals surface area (Å²) in [5, 5.41) is 10.9. The van der Waals surface area contributed by atoms with E-state index in [1.165, 1.54) is 6.26 Å². The van der Waals surface area contributed by atoms with E-state index in [4.69, 9.17) is 16.1 Å². The molecule has 1 heterocycles. The van der Waals surface area contributed by atoms with E-state index in [1.807, 2.05) is 19.1 Å². The van der Waals surface area contributed by atoms with Crippen molar-refractivity contribution in [2.24, 2.45) is 4.99 Å². The number of sulfone groups is 1.